The Morgan fingerprint density at radius 2 is 2.14 bits per heavy atom. The number of piperidine rings is 1. The highest BCUT2D eigenvalue weighted by molar-refractivity contribution is 5.87. The van der Waals surface area contributed by atoms with E-state index in [-0.39, 0.29) is 52.0 Å². The fourth-order valence-corrected chi connectivity index (χ4v) is 10.1. The summed E-state index contributed by atoms with van der Waals surface area (Å²) in [4.78, 5) is 27.9. The van der Waals surface area contributed by atoms with E-state index in [0.717, 1.165) is 44.3 Å². The minimum atomic E-state index is -0.370. The van der Waals surface area contributed by atoms with Crippen LogP contribution in [0.25, 0.3) is 0 Å². The van der Waals surface area contributed by atoms with Crippen molar-refractivity contribution in [3.63, 3.8) is 0 Å². The molecule has 1 heterocycles. The number of nitrogens with zero attached hydrogens (tertiary/aromatic N) is 1. The zero-order valence-corrected chi connectivity index (χ0v) is 17.8. The van der Waals surface area contributed by atoms with E-state index in [4.69, 9.17) is 4.74 Å². The second-order valence-corrected chi connectivity index (χ2v) is 11.3. The van der Waals surface area contributed by atoms with Gasteiger partial charge in [-0.3, -0.25) is 14.5 Å². The van der Waals surface area contributed by atoms with E-state index in [1.165, 1.54) is 6.92 Å². The number of hydrogen-bond acceptors (Lipinski definition) is 5. The molecule has 5 aliphatic carbocycles. The molecule has 6 fully saturated rings. The van der Waals surface area contributed by atoms with E-state index >= 15 is 0 Å². The zero-order valence-electron chi connectivity index (χ0n) is 17.8. The smallest absolute Gasteiger partial charge is 0.303 e. The summed E-state index contributed by atoms with van der Waals surface area (Å²) < 4.78 is 5.96. The molecule has 1 saturated heterocycles. The number of hydrogen-bond donors (Lipinski definition) is 1. The Kier molecular flexibility index (Phi) is 3.42. The summed E-state index contributed by atoms with van der Waals surface area (Å²) in [5.74, 6) is 0.727. The van der Waals surface area contributed by atoms with Crippen LogP contribution in [0.3, 0.4) is 0 Å². The minimum Gasteiger partial charge on any atom is -0.457 e. The fraction of sp³-hybridized carbons (Fsp3) is 0.833. The lowest BCUT2D eigenvalue weighted by Crippen LogP contribution is -2.68. The van der Waals surface area contributed by atoms with Crippen molar-refractivity contribution < 1.29 is 19.4 Å². The summed E-state index contributed by atoms with van der Waals surface area (Å²) in [5.41, 5.74) is 0.561. The Hall–Kier alpha value is -1.20. The SMILES string of the molecule is C=C1[C@H]2C[C@@]3([C@@H]1OC(C)=O)[C@@H](CC2=O)[C@]12[C@@H]4C[C@H]3[C@H]1N(CC)C[C@]4(C)CC[C@@H]2O. The van der Waals surface area contributed by atoms with E-state index in [1.54, 1.807) is 0 Å². The average Bonchev–Trinajstić information content (AvgIpc) is 3.19. The molecular formula is C24H33NO4. The third-order valence-electron chi connectivity index (χ3n) is 10.6. The molecule has 0 aromatic rings. The van der Waals surface area contributed by atoms with Gasteiger partial charge < -0.3 is 9.84 Å². The van der Waals surface area contributed by atoms with Gasteiger partial charge in [-0.15, -0.1) is 0 Å². The fourth-order valence-electron chi connectivity index (χ4n) is 10.1. The minimum absolute atomic E-state index is 0.0973. The van der Waals surface area contributed by atoms with Gasteiger partial charge in [0.05, 0.1) is 6.10 Å². The van der Waals surface area contributed by atoms with Gasteiger partial charge in [0.25, 0.3) is 0 Å². The molecule has 5 heteroatoms. The van der Waals surface area contributed by atoms with Crippen LogP contribution < -0.4 is 0 Å². The zero-order chi connectivity index (χ0) is 20.5. The van der Waals surface area contributed by atoms with Crippen LogP contribution in [0.2, 0.25) is 0 Å². The maximum absolute atomic E-state index is 13.2. The number of aliphatic hydroxyl groups is 1. The number of carbonyl (C=O) groups is 2. The average molecular weight is 400 g/mol. The van der Waals surface area contributed by atoms with Gasteiger partial charge in [0, 0.05) is 42.7 Å². The topological polar surface area (TPSA) is 66.8 Å². The van der Waals surface area contributed by atoms with Crippen molar-refractivity contribution in [3.8, 4) is 0 Å². The Morgan fingerprint density at radius 3 is 2.83 bits per heavy atom. The Bertz CT molecular complexity index is 839. The highest BCUT2D eigenvalue weighted by atomic mass is 16.5. The Labute approximate surface area is 172 Å². The van der Waals surface area contributed by atoms with Gasteiger partial charge in [-0.1, -0.05) is 20.4 Å². The molecule has 1 aliphatic heterocycles. The van der Waals surface area contributed by atoms with Crippen LogP contribution in [-0.4, -0.2) is 53.1 Å². The molecule has 0 radical (unpaired) electrons. The molecule has 0 unspecified atom stereocenters. The van der Waals surface area contributed by atoms with Gasteiger partial charge in [-0.05, 0) is 61.0 Å². The normalized spacial score (nSPS) is 57.2. The van der Waals surface area contributed by atoms with Crippen LogP contribution in [0.1, 0.15) is 52.9 Å². The second kappa shape index (κ2) is 5.34. The molecule has 0 aromatic heterocycles. The largest absolute Gasteiger partial charge is 0.457 e. The lowest BCUT2D eigenvalue weighted by atomic mass is 9.43. The number of aliphatic hydroxyl groups excluding tert-OH is 1. The molecule has 0 aromatic carbocycles. The molecule has 29 heavy (non-hydrogen) atoms. The molecule has 158 valence electrons. The third-order valence-corrected chi connectivity index (χ3v) is 10.6. The van der Waals surface area contributed by atoms with Crippen molar-refractivity contribution in [2.75, 3.05) is 13.1 Å². The number of carbonyl (C=O) groups excluding carboxylic acids is 2. The lowest BCUT2D eigenvalue weighted by Gasteiger charge is -2.65. The number of ether oxygens (including phenoxy) is 1. The summed E-state index contributed by atoms with van der Waals surface area (Å²) in [6.07, 6.45) is 3.54. The van der Waals surface area contributed by atoms with Crippen LogP contribution in [0, 0.1) is 39.9 Å². The van der Waals surface area contributed by atoms with E-state index in [2.05, 4.69) is 25.3 Å². The van der Waals surface area contributed by atoms with E-state index < -0.39 is 0 Å². The van der Waals surface area contributed by atoms with E-state index in [9.17, 15) is 14.7 Å². The van der Waals surface area contributed by atoms with Gasteiger partial charge in [0.1, 0.15) is 11.9 Å². The Morgan fingerprint density at radius 1 is 1.38 bits per heavy atom. The molecule has 2 spiro atoms. The van der Waals surface area contributed by atoms with Gasteiger partial charge in [0.2, 0.25) is 0 Å². The van der Waals surface area contributed by atoms with Crippen molar-refractivity contribution in [1.29, 1.82) is 0 Å². The molecular weight excluding hydrogens is 366 g/mol. The summed E-state index contributed by atoms with van der Waals surface area (Å²) in [6.45, 7) is 12.5. The number of ketones is 1. The molecule has 10 atom stereocenters. The maximum atomic E-state index is 13.2. The highest BCUT2D eigenvalue weighted by Gasteiger charge is 2.85. The number of fused-ring (bicyclic) bond motifs is 1. The van der Waals surface area contributed by atoms with Crippen LogP contribution in [0.5, 0.6) is 0 Å². The first-order valence-electron chi connectivity index (χ1n) is 11.5. The van der Waals surface area contributed by atoms with Gasteiger partial charge in [-0.25, -0.2) is 0 Å². The van der Waals surface area contributed by atoms with Crippen LogP contribution in [-0.2, 0) is 14.3 Å². The molecule has 5 nitrogen and oxygen atoms in total. The first kappa shape index (κ1) is 18.6. The Balaban J connectivity index is 1.59. The monoisotopic (exact) mass is 399 g/mol. The summed E-state index contributed by atoms with van der Waals surface area (Å²) in [7, 11) is 0. The quantitative estimate of drug-likeness (QED) is 0.571. The molecule has 0 amide bonds. The summed E-state index contributed by atoms with van der Waals surface area (Å²) >= 11 is 0. The lowest BCUT2D eigenvalue weighted by molar-refractivity contribution is -0.213. The molecule has 1 N–H and O–H groups in total. The maximum Gasteiger partial charge on any atom is 0.303 e. The van der Waals surface area contributed by atoms with E-state index in [0.29, 0.717) is 24.3 Å². The van der Waals surface area contributed by atoms with Crippen molar-refractivity contribution in [1.82, 2.24) is 4.90 Å². The van der Waals surface area contributed by atoms with Crippen molar-refractivity contribution in [2.45, 2.75) is 71.1 Å². The predicted octanol–water partition coefficient (Wildman–Crippen LogP) is 2.57. The number of likely N-dealkylation sites (tertiary alicyclic amines) is 1. The van der Waals surface area contributed by atoms with Gasteiger partial charge in [-0.2, -0.15) is 0 Å². The van der Waals surface area contributed by atoms with Crippen LogP contribution in [0.15, 0.2) is 12.2 Å². The third kappa shape index (κ3) is 1.76. The number of esters is 1. The van der Waals surface area contributed by atoms with Crippen molar-refractivity contribution >= 4 is 11.8 Å². The predicted molar refractivity (Wildman–Crippen MR) is 107 cm³/mol. The second-order valence-electron chi connectivity index (χ2n) is 11.3. The first-order chi connectivity index (χ1) is 13.7. The van der Waals surface area contributed by atoms with Crippen LogP contribution in [0.4, 0.5) is 0 Å². The van der Waals surface area contributed by atoms with Gasteiger partial charge >= 0.3 is 5.97 Å². The molecule has 6 aliphatic rings. The summed E-state index contributed by atoms with van der Waals surface area (Å²) in [5, 5.41) is 11.6. The highest BCUT2D eigenvalue weighted by Crippen LogP contribution is 2.83. The van der Waals surface area contributed by atoms with Crippen molar-refractivity contribution in [2.24, 2.45) is 39.9 Å². The van der Waals surface area contributed by atoms with Crippen molar-refractivity contribution in [3.05, 3.63) is 12.2 Å². The number of rotatable bonds is 2. The molecule has 6 rings (SSSR count). The first-order valence-corrected chi connectivity index (χ1v) is 11.5. The standard InChI is InChI=1S/C24H33NO4/c1-5-25-11-22(4)7-6-19(28)24-17(22)8-15(20(24)25)23-10-14(16(27)9-18(23)24)12(2)21(23)29-13(3)26/h14-15,17-21,28H,2,5-11H2,1,3-4H3/t14-,15+,17-,18-,19+,20-,21-,22+,23+,24+/m1/s1. The van der Waals surface area contributed by atoms with Crippen LogP contribution >= 0.6 is 0 Å². The summed E-state index contributed by atoms with van der Waals surface area (Å²) in [6, 6.07) is 0.293. The number of Topliss-reactive ketones (excluding diaryl/α,β-unsaturated/α-hetero) is 1. The molecule has 5 saturated carbocycles. The van der Waals surface area contributed by atoms with Gasteiger partial charge in [0.15, 0.2) is 0 Å². The molecule has 7 bridgehead atoms. The van der Waals surface area contributed by atoms with E-state index in [1.807, 2.05) is 0 Å².